The van der Waals surface area contributed by atoms with Crippen LogP contribution >= 0.6 is 0 Å². The van der Waals surface area contributed by atoms with Crippen LogP contribution in [0.4, 0.5) is 0 Å². The molecule has 0 aliphatic heterocycles. The van der Waals surface area contributed by atoms with Gasteiger partial charge in [-0.05, 0) is 17.9 Å². The standard InChI is InChI=1S/C12H22N2O4S/c1-12(2,4-5-18-3)9-14-19(16,17)11-6-10(8-15)13-7-11/h6-7,13-15H,4-5,8-9H2,1-3H3. The van der Waals surface area contributed by atoms with E-state index in [0.717, 1.165) is 6.42 Å². The average Bonchev–Trinajstić information content (AvgIpc) is 2.84. The molecule has 0 atom stereocenters. The van der Waals surface area contributed by atoms with E-state index in [1.54, 1.807) is 7.11 Å². The van der Waals surface area contributed by atoms with E-state index in [1.807, 2.05) is 13.8 Å². The highest BCUT2D eigenvalue weighted by molar-refractivity contribution is 7.89. The number of aliphatic hydroxyl groups excluding tert-OH is 1. The number of sulfonamides is 1. The van der Waals surface area contributed by atoms with E-state index in [2.05, 4.69) is 9.71 Å². The predicted octanol–water partition coefficient (Wildman–Crippen LogP) is 0.848. The Morgan fingerprint density at radius 2 is 2.16 bits per heavy atom. The highest BCUT2D eigenvalue weighted by atomic mass is 32.2. The molecule has 6 nitrogen and oxygen atoms in total. The minimum Gasteiger partial charge on any atom is -0.390 e. The van der Waals surface area contributed by atoms with Crippen LogP contribution in [0.1, 0.15) is 26.0 Å². The lowest BCUT2D eigenvalue weighted by molar-refractivity contribution is 0.153. The van der Waals surface area contributed by atoms with Crippen molar-refractivity contribution in [3.63, 3.8) is 0 Å². The Bertz CT molecular complexity index is 494. The lowest BCUT2D eigenvalue weighted by atomic mass is 9.90. The van der Waals surface area contributed by atoms with Gasteiger partial charge in [-0.25, -0.2) is 13.1 Å². The van der Waals surface area contributed by atoms with Crippen LogP contribution in [0.3, 0.4) is 0 Å². The maximum absolute atomic E-state index is 12.0. The Morgan fingerprint density at radius 3 is 2.68 bits per heavy atom. The van der Waals surface area contributed by atoms with E-state index in [9.17, 15) is 8.42 Å². The van der Waals surface area contributed by atoms with Gasteiger partial charge in [0.1, 0.15) is 0 Å². The second-order valence-electron chi connectivity index (χ2n) is 5.25. The minimum atomic E-state index is -3.54. The first-order valence-corrected chi connectivity index (χ1v) is 7.56. The van der Waals surface area contributed by atoms with Crippen molar-refractivity contribution < 1.29 is 18.3 Å². The smallest absolute Gasteiger partial charge is 0.242 e. The summed E-state index contributed by atoms with van der Waals surface area (Å²) in [5.41, 5.74) is 0.290. The number of aliphatic hydroxyl groups is 1. The molecule has 1 heterocycles. The molecule has 1 rings (SSSR count). The lowest BCUT2D eigenvalue weighted by Crippen LogP contribution is -2.34. The summed E-state index contributed by atoms with van der Waals surface area (Å²) in [5.74, 6) is 0. The maximum atomic E-state index is 12.0. The van der Waals surface area contributed by atoms with E-state index < -0.39 is 10.0 Å². The van der Waals surface area contributed by atoms with Gasteiger partial charge in [-0.3, -0.25) is 0 Å². The highest BCUT2D eigenvalue weighted by Crippen LogP contribution is 2.20. The quantitative estimate of drug-likeness (QED) is 0.662. The second-order valence-corrected chi connectivity index (χ2v) is 7.02. The first-order valence-electron chi connectivity index (χ1n) is 6.07. The Kier molecular flexibility index (Phi) is 5.54. The zero-order chi connectivity index (χ0) is 14.5. The molecule has 1 aromatic rings. The molecular weight excluding hydrogens is 268 g/mol. The van der Waals surface area contributed by atoms with Crippen molar-refractivity contribution >= 4 is 10.0 Å². The van der Waals surface area contributed by atoms with Gasteiger partial charge >= 0.3 is 0 Å². The van der Waals surface area contributed by atoms with E-state index >= 15 is 0 Å². The van der Waals surface area contributed by atoms with Crippen LogP contribution in [0, 0.1) is 5.41 Å². The number of aromatic amines is 1. The monoisotopic (exact) mass is 290 g/mol. The molecule has 0 bridgehead atoms. The maximum Gasteiger partial charge on any atom is 0.242 e. The summed E-state index contributed by atoms with van der Waals surface area (Å²) in [6.45, 7) is 4.66. The Morgan fingerprint density at radius 1 is 1.47 bits per heavy atom. The summed E-state index contributed by atoms with van der Waals surface area (Å²) in [5, 5.41) is 8.91. The van der Waals surface area contributed by atoms with E-state index in [1.165, 1.54) is 12.3 Å². The molecule has 0 aliphatic rings. The molecule has 0 aliphatic carbocycles. The molecule has 0 saturated carbocycles. The van der Waals surface area contributed by atoms with Gasteiger partial charge in [0.2, 0.25) is 10.0 Å². The van der Waals surface area contributed by atoms with Gasteiger partial charge in [0.05, 0.1) is 11.5 Å². The number of nitrogens with one attached hydrogen (secondary N) is 2. The molecule has 0 amide bonds. The van der Waals surface area contributed by atoms with E-state index in [4.69, 9.17) is 9.84 Å². The third-order valence-corrected chi connectivity index (χ3v) is 4.30. The third-order valence-electron chi connectivity index (χ3n) is 2.92. The molecular formula is C12H22N2O4S. The lowest BCUT2D eigenvalue weighted by Gasteiger charge is -2.24. The number of rotatable bonds is 8. The Balaban J connectivity index is 2.65. The molecule has 19 heavy (non-hydrogen) atoms. The fourth-order valence-corrected chi connectivity index (χ4v) is 2.76. The first-order chi connectivity index (χ1) is 8.80. The van der Waals surface area contributed by atoms with Crippen molar-refractivity contribution in [3.8, 4) is 0 Å². The van der Waals surface area contributed by atoms with Crippen molar-refractivity contribution in [2.75, 3.05) is 20.3 Å². The number of aromatic nitrogens is 1. The van der Waals surface area contributed by atoms with Crippen molar-refractivity contribution in [3.05, 3.63) is 18.0 Å². The van der Waals surface area contributed by atoms with Crippen LogP contribution in [-0.2, 0) is 21.4 Å². The molecule has 0 fully saturated rings. The predicted molar refractivity (Wildman–Crippen MR) is 72.2 cm³/mol. The van der Waals surface area contributed by atoms with Gasteiger partial charge in [-0.15, -0.1) is 0 Å². The Hall–Kier alpha value is -0.890. The van der Waals surface area contributed by atoms with Crippen LogP contribution in [0.25, 0.3) is 0 Å². The van der Waals surface area contributed by atoms with Gasteiger partial charge in [0.25, 0.3) is 0 Å². The SMILES string of the molecule is COCCC(C)(C)CNS(=O)(=O)c1c[nH]c(CO)c1. The van der Waals surface area contributed by atoms with Crippen molar-refractivity contribution in [1.82, 2.24) is 9.71 Å². The Labute approximate surface area is 114 Å². The summed E-state index contributed by atoms with van der Waals surface area (Å²) >= 11 is 0. The minimum absolute atomic E-state index is 0.138. The zero-order valence-corrected chi connectivity index (χ0v) is 12.4. The molecule has 3 N–H and O–H groups in total. The van der Waals surface area contributed by atoms with Gasteiger partial charge in [-0.2, -0.15) is 0 Å². The fraction of sp³-hybridized carbons (Fsp3) is 0.667. The van der Waals surface area contributed by atoms with Crippen LogP contribution in [0.15, 0.2) is 17.2 Å². The van der Waals surface area contributed by atoms with Crippen molar-refractivity contribution in [2.45, 2.75) is 31.8 Å². The third kappa shape index (κ3) is 4.94. The topological polar surface area (TPSA) is 91.4 Å². The molecule has 1 aromatic heterocycles. The fourth-order valence-electron chi connectivity index (χ4n) is 1.51. The van der Waals surface area contributed by atoms with Crippen LogP contribution in [0.5, 0.6) is 0 Å². The molecule has 0 radical (unpaired) electrons. The highest BCUT2D eigenvalue weighted by Gasteiger charge is 2.22. The largest absolute Gasteiger partial charge is 0.390 e. The number of ether oxygens (including phenoxy) is 1. The zero-order valence-electron chi connectivity index (χ0n) is 11.6. The molecule has 0 saturated heterocycles. The summed E-state index contributed by atoms with van der Waals surface area (Å²) < 4.78 is 31.7. The van der Waals surface area contributed by atoms with Crippen molar-refractivity contribution in [1.29, 1.82) is 0 Å². The normalized spacial score (nSPS) is 12.8. The summed E-state index contributed by atoms with van der Waals surface area (Å²) in [6.07, 6.45) is 2.14. The molecule has 0 aromatic carbocycles. The summed E-state index contributed by atoms with van der Waals surface area (Å²) in [4.78, 5) is 2.84. The van der Waals surface area contributed by atoms with Gasteiger partial charge in [-0.1, -0.05) is 13.8 Å². The number of H-pyrrole nitrogens is 1. The molecule has 0 spiro atoms. The molecule has 110 valence electrons. The van der Waals surface area contributed by atoms with Crippen LogP contribution in [-0.4, -0.2) is 38.8 Å². The first kappa shape index (κ1) is 16.2. The van der Waals surface area contributed by atoms with Gasteiger partial charge in [0.15, 0.2) is 0 Å². The van der Waals surface area contributed by atoms with Gasteiger partial charge < -0.3 is 14.8 Å². The number of hydrogen-bond donors (Lipinski definition) is 3. The average molecular weight is 290 g/mol. The van der Waals surface area contributed by atoms with Crippen LogP contribution < -0.4 is 4.72 Å². The van der Waals surface area contributed by atoms with Gasteiger partial charge in [0, 0.05) is 32.2 Å². The van der Waals surface area contributed by atoms with E-state index in [-0.39, 0.29) is 16.9 Å². The number of hydrogen-bond acceptors (Lipinski definition) is 4. The van der Waals surface area contributed by atoms with E-state index in [0.29, 0.717) is 18.8 Å². The van der Waals surface area contributed by atoms with Crippen molar-refractivity contribution in [2.24, 2.45) is 5.41 Å². The summed E-state index contributed by atoms with van der Waals surface area (Å²) in [6, 6.07) is 1.42. The molecule has 0 unspecified atom stereocenters. The van der Waals surface area contributed by atoms with Crippen LogP contribution in [0.2, 0.25) is 0 Å². The summed E-state index contributed by atoms with van der Waals surface area (Å²) in [7, 11) is -1.92. The number of methoxy groups -OCH3 is 1. The second kappa shape index (κ2) is 6.51. The molecule has 7 heteroatoms.